The molecule has 1 N–H and O–H groups in total. The summed E-state index contributed by atoms with van der Waals surface area (Å²) >= 11 is 0. The summed E-state index contributed by atoms with van der Waals surface area (Å²) < 4.78 is 0. The summed E-state index contributed by atoms with van der Waals surface area (Å²) in [5, 5.41) is 8.91. The van der Waals surface area contributed by atoms with Gasteiger partial charge in [-0.15, -0.1) is 0 Å². The lowest BCUT2D eigenvalue weighted by Crippen LogP contribution is -2.03. The second kappa shape index (κ2) is 8.63. The van der Waals surface area contributed by atoms with Crippen molar-refractivity contribution in [1.82, 2.24) is 0 Å². The number of hydrogen-bond acceptors (Lipinski definition) is 1. The van der Waals surface area contributed by atoms with Crippen LogP contribution in [0.4, 0.5) is 0 Å². The van der Waals surface area contributed by atoms with Crippen molar-refractivity contribution in [3.63, 3.8) is 0 Å². The maximum Gasteiger partial charge on any atom is 0.0431 e. The minimum absolute atomic E-state index is 0.313. The van der Waals surface area contributed by atoms with Gasteiger partial charge < -0.3 is 5.11 Å². The lowest BCUT2D eigenvalue weighted by Gasteiger charge is -2.18. The molecule has 0 aliphatic carbocycles. The van der Waals surface area contributed by atoms with Crippen LogP contribution in [0.25, 0.3) is 0 Å². The summed E-state index contributed by atoms with van der Waals surface area (Å²) in [5.74, 6) is 0.576. The fraction of sp³-hybridized carbons (Fsp3) is 0.400. The lowest BCUT2D eigenvalue weighted by atomic mass is 9.87. The summed E-state index contributed by atoms with van der Waals surface area (Å²) in [6, 6.07) is 19.7. The van der Waals surface area contributed by atoms with Crippen LogP contribution in [0.3, 0.4) is 0 Å². The Hall–Kier alpha value is -1.60. The number of rotatable bonds is 8. The summed E-state index contributed by atoms with van der Waals surface area (Å²) in [4.78, 5) is 0. The highest BCUT2D eigenvalue weighted by atomic mass is 16.2. The second-order valence-electron chi connectivity index (χ2n) is 5.87. The molecule has 2 aromatic rings. The largest absolute Gasteiger partial charge is 0.396 e. The smallest absolute Gasteiger partial charge is 0.0431 e. The highest BCUT2D eigenvalue weighted by molar-refractivity contribution is 5.26. The van der Waals surface area contributed by atoms with E-state index in [0.717, 1.165) is 19.3 Å². The van der Waals surface area contributed by atoms with Crippen LogP contribution in [-0.4, -0.2) is 11.7 Å². The predicted molar refractivity (Wildman–Crippen MR) is 89.6 cm³/mol. The van der Waals surface area contributed by atoms with E-state index in [9.17, 15) is 0 Å². The first kappa shape index (κ1) is 15.8. The molecule has 1 nitrogen and oxygen atoms in total. The van der Waals surface area contributed by atoms with Crippen LogP contribution in [0.1, 0.15) is 48.3 Å². The zero-order valence-electron chi connectivity index (χ0n) is 13.0. The Balaban J connectivity index is 2.02. The van der Waals surface area contributed by atoms with Crippen LogP contribution in [-0.2, 0) is 6.42 Å². The zero-order valence-corrected chi connectivity index (χ0v) is 13.0. The molecule has 2 rings (SSSR count). The molecule has 0 radical (unpaired) electrons. The third kappa shape index (κ3) is 5.35. The number of benzene rings is 2. The molecule has 0 fully saturated rings. The van der Waals surface area contributed by atoms with E-state index >= 15 is 0 Å². The monoisotopic (exact) mass is 282 g/mol. The summed E-state index contributed by atoms with van der Waals surface area (Å²) in [6.07, 6.45) is 5.52. The normalized spacial score (nSPS) is 12.3. The van der Waals surface area contributed by atoms with Crippen molar-refractivity contribution in [2.24, 2.45) is 0 Å². The Morgan fingerprint density at radius 2 is 1.57 bits per heavy atom. The molecule has 0 saturated carbocycles. The Bertz CT molecular complexity index is 501. The number of aliphatic hydroxyl groups is 1. The molecule has 0 spiro atoms. The van der Waals surface area contributed by atoms with Gasteiger partial charge in [-0.25, -0.2) is 0 Å². The Kier molecular flexibility index (Phi) is 6.49. The average Bonchev–Trinajstić information content (AvgIpc) is 2.53. The highest BCUT2D eigenvalue weighted by Gasteiger charge is 2.12. The first-order chi connectivity index (χ1) is 10.3. The van der Waals surface area contributed by atoms with E-state index in [1.807, 2.05) is 0 Å². The molecule has 0 bridgehead atoms. The predicted octanol–water partition coefficient (Wildman–Crippen LogP) is 4.87. The molecule has 112 valence electrons. The van der Waals surface area contributed by atoms with Crippen LogP contribution >= 0.6 is 0 Å². The molecule has 0 saturated heterocycles. The van der Waals surface area contributed by atoms with Gasteiger partial charge in [0.1, 0.15) is 0 Å². The van der Waals surface area contributed by atoms with Gasteiger partial charge in [-0.3, -0.25) is 0 Å². The second-order valence-corrected chi connectivity index (χ2v) is 5.87. The van der Waals surface area contributed by atoms with E-state index in [0.29, 0.717) is 12.5 Å². The minimum atomic E-state index is 0.313. The van der Waals surface area contributed by atoms with Gasteiger partial charge in [0.15, 0.2) is 0 Å². The van der Waals surface area contributed by atoms with Gasteiger partial charge in [-0.1, -0.05) is 73.0 Å². The third-order valence-electron chi connectivity index (χ3n) is 4.08. The SMILES string of the molecule is Cc1ccc(CC(CCCCCO)c2ccccc2)cc1. The first-order valence-corrected chi connectivity index (χ1v) is 8.01. The first-order valence-electron chi connectivity index (χ1n) is 8.01. The molecule has 0 aliphatic heterocycles. The maximum atomic E-state index is 8.91. The van der Waals surface area contributed by atoms with Crippen LogP contribution in [0.15, 0.2) is 54.6 Å². The molecule has 1 atom stereocenters. The van der Waals surface area contributed by atoms with E-state index in [1.165, 1.54) is 29.5 Å². The highest BCUT2D eigenvalue weighted by Crippen LogP contribution is 2.26. The van der Waals surface area contributed by atoms with Crippen LogP contribution in [0, 0.1) is 6.92 Å². The van der Waals surface area contributed by atoms with E-state index in [-0.39, 0.29) is 0 Å². The summed E-state index contributed by atoms with van der Waals surface area (Å²) in [6.45, 7) is 2.45. The summed E-state index contributed by atoms with van der Waals surface area (Å²) in [5.41, 5.74) is 4.16. The Labute approximate surface area is 128 Å². The quantitative estimate of drug-likeness (QED) is 0.685. The number of aliphatic hydroxyl groups excluding tert-OH is 1. The van der Waals surface area contributed by atoms with Crippen molar-refractivity contribution in [1.29, 1.82) is 0 Å². The standard InChI is InChI=1S/C20H26O/c1-17-11-13-18(14-12-17)16-20(10-6-3-7-15-21)19-8-4-2-5-9-19/h2,4-5,8-9,11-14,20-21H,3,6-7,10,15-16H2,1H3. The number of unbranched alkanes of at least 4 members (excludes halogenated alkanes) is 2. The molecular weight excluding hydrogens is 256 g/mol. The molecule has 0 aliphatic rings. The number of hydrogen-bond donors (Lipinski definition) is 1. The Morgan fingerprint density at radius 3 is 2.24 bits per heavy atom. The molecule has 1 heteroatoms. The van der Waals surface area contributed by atoms with Gasteiger partial charge in [0, 0.05) is 6.61 Å². The van der Waals surface area contributed by atoms with Crippen molar-refractivity contribution >= 4 is 0 Å². The summed E-state index contributed by atoms with van der Waals surface area (Å²) in [7, 11) is 0. The van der Waals surface area contributed by atoms with Gasteiger partial charge in [0.2, 0.25) is 0 Å². The lowest BCUT2D eigenvalue weighted by molar-refractivity contribution is 0.282. The van der Waals surface area contributed by atoms with Gasteiger partial charge in [0.05, 0.1) is 0 Å². The van der Waals surface area contributed by atoms with Crippen molar-refractivity contribution in [3.8, 4) is 0 Å². The van der Waals surface area contributed by atoms with E-state index in [4.69, 9.17) is 5.11 Å². The molecule has 21 heavy (non-hydrogen) atoms. The average molecular weight is 282 g/mol. The fourth-order valence-corrected chi connectivity index (χ4v) is 2.80. The van der Waals surface area contributed by atoms with Crippen molar-refractivity contribution in [3.05, 3.63) is 71.3 Å². The van der Waals surface area contributed by atoms with Crippen molar-refractivity contribution in [2.75, 3.05) is 6.61 Å². The van der Waals surface area contributed by atoms with Crippen molar-refractivity contribution in [2.45, 2.75) is 44.9 Å². The van der Waals surface area contributed by atoms with Crippen LogP contribution in [0.2, 0.25) is 0 Å². The molecule has 0 amide bonds. The number of aryl methyl sites for hydroxylation is 1. The Morgan fingerprint density at radius 1 is 0.857 bits per heavy atom. The molecule has 0 aromatic heterocycles. The van der Waals surface area contributed by atoms with Crippen LogP contribution in [0.5, 0.6) is 0 Å². The van der Waals surface area contributed by atoms with Gasteiger partial charge in [-0.2, -0.15) is 0 Å². The molecule has 0 heterocycles. The van der Waals surface area contributed by atoms with E-state index in [2.05, 4.69) is 61.5 Å². The van der Waals surface area contributed by atoms with E-state index in [1.54, 1.807) is 0 Å². The fourth-order valence-electron chi connectivity index (χ4n) is 2.80. The van der Waals surface area contributed by atoms with Crippen molar-refractivity contribution < 1.29 is 5.11 Å². The maximum absolute atomic E-state index is 8.91. The molecule has 2 aromatic carbocycles. The zero-order chi connectivity index (χ0) is 14.9. The van der Waals surface area contributed by atoms with E-state index < -0.39 is 0 Å². The molecule has 1 unspecified atom stereocenters. The molecular formula is C20H26O. The van der Waals surface area contributed by atoms with Gasteiger partial charge >= 0.3 is 0 Å². The topological polar surface area (TPSA) is 20.2 Å². The minimum Gasteiger partial charge on any atom is -0.396 e. The van der Waals surface area contributed by atoms with Gasteiger partial charge in [0.25, 0.3) is 0 Å². The van der Waals surface area contributed by atoms with Crippen LogP contribution < -0.4 is 0 Å². The third-order valence-corrected chi connectivity index (χ3v) is 4.08. The van der Waals surface area contributed by atoms with Gasteiger partial charge in [-0.05, 0) is 43.2 Å².